The number of hydrogen-bond acceptors (Lipinski definition) is 6. The zero-order chi connectivity index (χ0) is 21.7. The van der Waals surface area contributed by atoms with E-state index in [4.69, 9.17) is 9.26 Å². The summed E-state index contributed by atoms with van der Waals surface area (Å²) in [6.45, 7) is 9.74. The van der Waals surface area contributed by atoms with Crippen molar-refractivity contribution in [2.75, 3.05) is 0 Å². The minimum absolute atomic E-state index is 0.0952. The van der Waals surface area contributed by atoms with Crippen molar-refractivity contribution in [2.24, 2.45) is 0 Å². The lowest BCUT2D eigenvalue weighted by Crippen LogP contribution is -2.27. The summed E-state index contributed by atoms with van der Waals surface area (Å²) in [5, 5.41) is 7.74. The average molecular weight is 426 g/mol. The van der Waals surface area contributed by atoms with Crippen LogP contribution in [0.15, 0.2) is 52.1 Å². The van der Waals surface area contributed by atoms with Crippen LogP contribution in [0.1, 0.15) is 59.8 Å². The van der Waals surface area contributed by atoms with Crippen molar-refractivity contribution in [1.29, 1.82) is 0 Å². The molecule has 6 nitrogen and oxygen atoms in total. The zero-order valence-electron chi connectivity index (χ0n) is 17.9. The third kappa shape index (κ3) is 5.42. The SMILES string of the molecule is Cc1noc(C)c1CSc1ncccc1C(=O)NC(C)c1cccc(OC(C)C)c1. The van der Waals surface area contributed by atoms with Crippen molar-refractivity contribution >= 4 is 17.7 Å². The third-order valence-corrected chi connectivity index (χ3v) is 5.66. The summed E-state index contributed by atoms with van der Waals surface area (Å²) in [6.07, 6.45) is 1.79. The van der Waals surface area contributed by atoms with Crippen molar-refractivity contribution in [2.45, 2.75) is 57.5 Å². The van der Waals surface area contributed by atoms with Crippen LogP contribution < -0.4 is 10.1 Å². The fraction of sp³-hybridized carbons (Fsp3) is 0.348. The molecule has 0 saturated carbocycles. The van der Waals surface area contributed by atoms with Crippen molar-refractivity contribution in [3.8, 4) is 5.75 Å². The zero-order valence-corrected chi connectivity index (χ0v) is 18.7. The standard InChI is InChI=1S/C23H27N3O3S/c1-14(2)28-19-9-6-8-18(12-19)15(3)25-22(27)20-10-7-11-24-23(20)30-13-21-16(4)26-29-17(21)5/h6-12,14-15H,13H2,1-5H3,(H,25,27). The molecule has 1 N–H and O–H groups in total. The quantitative estimate of drug-likeness (QED) is 0.496. The molecule has 0 saturated heterocycles. The number of pyridine rings is 1. The Morgan fingerprint density at radius 2 is 2.00 bits per heavy atom. The monoisotopic (exact) mass is 425 g/mol. The molecule has 1 amide bonds. The Morgan fingerprint density at radius 3 is 2.70 bits per heavy atom. The molecule has 2 aromatic heterocycles. The topological polar surface area (TPSA) is 77.2 Å². The van der Waals surface area contributed by atoms with Gasteiger partial charge in [0, 0.05) is 17.5 Å². The number of carbonyl (C=O) groups excluding carboxylic acids is 1. The lowest BCUT2D eigenvalue weighted by atomic mass is 10.1. The Bertz CT molecular complexity index is 997. The molecular weight excluding hydrogens is 398 g/mol. The first kappa shape index (κ1) is 21.9. The molecule has 0 aliphatic carbocycles. The molecule has 2 heterocycles. The van der Waals surface area contributed by atoms with Gasteiger partial charge in [-0.15, -0.1) is 11.8 Å². The smallest absolute Gasteiger partial charge is 0.254 e. The van der Waals surface area contributed by atoms with Crippen LogP contribution in [-0.2, 0) is 5.75 Å². The van der Waals surface area contributed by atoms with Gasteiger partial charge in [0.1, 0.15) is 16.5 Å². The van der Waals surface area contributed by atoms with Gasteiger partial charge >= 0.3 is 0 Å². The number of hydrogen-bond donors (Lipinski definition) is 1. The average Bonchev–Trinajstić information content (AvgIpc) is 3.03. The highest BCUT2D eigenvalue weighted by Crippen LogP contribution is 2.28. The number of ether oxygens (including phenoxy) is 1. The summed E-state index contributed by atoms with van der Waals surface area (Å²) in [5.41, 5.74) is 3.43. The maximum atomic E-state index is 13.0. The number of aromatic nitrogens is 2. The molecule has 3 aromatic rings. The van der Waals surface area contributed by atoms with Gasteiger partial charge in [0.2, 0.25) is 0 Å². The second-order valence-electron chi connectivity index (χ2n) is 7.38. The van der Waals surface area contributed by atoms with Gasteiger partial charge in [-0.05, 0) is 64.4 Å². The normalized spacial score (nSPS) is 12.1. The Labute approximate surface area is 181 Å². The molecule has 7 heteroatoms. The Balaban J connectivity index is 1.71. The van der Waals surface area contributed by atoms with E-state index in [1.54, 1.807) is 18.3 Å². The molecule has 0 fully saturated rings. The van der Waals surface area contributed by atoms with Crippen molar-refractivity contribution < 1.29 is 14.1 Å². The van der Waals surface area contributed by atoms with Gasteiger partial charge in [-0.1, -0.05) is 17.3 Å². The van der Waals surface area contributed by atoms with Crippen LogP contribution in [0.25, 0.3) is 0 Å². The predicted molar refractivity (Wildman–Crippen MR) is 118 cm³/mol. The van der Waals surface area contributed by atoms with E-state index in [1.807, 2.05) is 58.9 Å². The van der Waals surface area contributed by atoms with E-state index < -0.39 is 0 Å². The van der Waals surface area contributed by atoms with Gasteiger partial charge in [-0.3, -0.25) is 4.79 Å². The van der Waals surface area contributed by atoms with Crippen LogP contribution >= 0.6 is 11.8 Å². The van der Waals surface area contributed by atoms with E-state index in [-0.39, 0.29) is 18.1 Å². The Kier molecular flexibility index (Phi) is 7.15. The lowest BCUT2D eigenvalue weighted by Gasteiger charge is -2.17. The molecule has 0 spiro atoms. The van der Waals surface area contributed by atoms with Crippen LogP contribution in [-0.4, -0.2) is 22.2 Å². The largest absolute Gasteiger partial charge is 0.491 e. The molecule has 158 valence electrons. The van der Waals surface area contributed by atoms with Gasteiger partial charge in [-0.25, -0.2) is 4.98 Å². The van der Waals surface area contributed by atoms with E-state index in [0.717, 1.165) is 28.3 Å². The highest BCUT2D eigenvalue weighted by atomic mass is 32.2. The highest BCUT2D eigenvalue weighted by Gasteiger charge is 2.18. The second-order valence-corrected chi connectivity index (χ2v) is 8.35. The number of amides is 1. The van der Waals surface area contributed by atoms with Gasteiger partial charge in [-0.2, -0.15) is 0 Å². The highest BCUT2D eigenvalue weighted by molar-refractivity contribution is 7.98. The molecular formula is C23H27N3O3S. The minimum atomic E-state index is -0.172. The van der Waals surface area contributed by atoms with Gasteiger partial charge in [0.05, 0.1) is 23.4 Å². The number of nitrogens with one attached hydrogen (secondary N) is 1. The van der Waals surface area contributed by atoms with Crippen molar-refractivity contribution in [3.63, 3.8) is 0 Å². The first-order valence-electron chi connectivity index (χ1n) is 9.92. The van der Waals surface area contributed by atoms with Crippen molar-refractivity contribution in [3.05, 3.63) is 70.7 Å². The van der Waals surface area contributed by atoms with Gasteiger partial charge in [0.15, 0.2) is 0 Å². The van der Waals surface area contributed by atoms with E-state index in [9.17, 15) is 4.79 Å². The van der Waals surface area contributed by atoms with E-state index in [2.05, 4.69) is 15.5 Å². The molecule has 0 radical (unpaired) electrons. The van der Waals surface area contributed by atoms with E-state index in [1.165, 1.54) is 11.8 Å². The number of rotatable bonds is 8. The molecule has 3 rings (SSSR count). The number of benzene rings is 1. The summed E-state index contributed by atoms with van der Waals surface area (Å²) in [7, 11) is 0. The number of nitrogens with zero attached hydrogens (tertiary/aromatic N) is 2. The first-order chi connectivity index (χ1) is 14.3. The molecule has 1 atom stereocenters. The fourth-order valence-electron chi connectivity index (χ4n) is 3.01. The third-order valence-electron chi connectivity index (χ3n) is 4.63. The number of carbonyl (C=O) groups is 1. The van der Waals surface area contributed by atoms with Gasteiger partial charge in [0.25, 0.3) is 5.91 Å². The fourth-order valence-corrected chi connectivity index (χ4v) is 4.16. The van der Waals surface area contributed by atoms with Crippen LogP contribution in [0.3, 0.4) is 0 Å². The summed E-state index contributed by atoms with van der Waals surface area (Å²) in [6, 6.07) is 11.2. The predicted octanol–water partition coefficient (Wildman–Crippen LogP) is 5.26. The first-order valence-corrected chi connectivity index (χ1v) is 10.9. The summed E-state index contributed by atoms with van der Waals surface area (Å²) in [4.78, 5) is 17.4. The van der Waals surface area contributed by atoms with Crippen LogP contribution in [0.4, 0.5) is 0 Å². The molecule has 1 unspecified atom stereocenters. The minimum Gasteiger partial charge on any atom is -0.491 e. The number of aryl methyl sites for hydroxylation is 2. The Morgan fingerprint density at radius 1 is 1.20 bits per heavy atom. The lowest BCUT2D eigenvalue weighted by molar-refractivity contribution is 0.0936. The molecule has 0 aliphatic rings. The Hall–Kier alpha value is -2.80. The number of thioether (sulfide) groups is 1. The summed E-state index contributed by atoms with van der Waals surface area (Å²) >= 11 is 1.50. The second kappa shape index (κ2) is 9.80. The molecule has 30 heavy (non-hydrogen) atoms. The summed E-state index contributed by atoms with van der Waals surface area (Å²) < 4.78 is 11.0. The van der Waals surface area contributed by atoms with Crippen LogP contribution in [0.2, 0.25) is 0 Å². The molecule has 0 bridgehead atoms. The van der Waals surface area contributed by atoms with E-state index in [0.29, 0.717) is 16.3 Å². The van der Waals surface area contributed by atoms with Crippen LogP contribution in [0, 0.1) is 13.8 Å². The van der Waals surface area contributed by atoms with Crippen molar-refractivity contribution in [1.82, 2.24) is 15.5 Å². The molecule has 0 aliphatic heterocycles. The maximum absolute atomic E-state index is 13.0. The van der Waals surface area contributed by atoms with E-state index >= 15 is 0 Å². The summed E-state index contributed by atoms with van der Waals surface area (Å²) in [5.74, 6) is 2.06. The maximum Gasteiger partial charge on any atom is 0.254 e. The van der Waals surface area contributed by atoms with Gasteiger partial charge < -0.3 is 14.6 Å². The molecule has 1 aromatic carbocycles. The van der Waals surface area contributed by atoms with Crippen LogP contribution in [0.5, 0.6) is 5.75 Å².